The molecule has 0 saturated heterocycles. The third kappa shape index (κ3) is 2.35. The molecule has 3 N–H and O–H groups in total. The Morgan fingerprint density at radius 2 is 2.00 bits per heavy atom. The molecule has 0 aliphatic heterocycles. The van der Waals surface area contributed by atoms with Gasteiger partial charge in [-0.1, -0.05) is 0 Å². The number of likely N-dealkylation sites (N-methyl/N-ethyl adjacent to an activating group) is 1. The Morgan fingerprint density at radius 1 is 1.30 bits per heavy atom. The first-order valence-electron chi connectivity index (χ1n) is 7.57. The fourth-order valence-corrected chi connectivity index (χ4v) is 2.86. The number of rotatable bonds is 5. The molecule has 2 aliphatic carbocycles. The van der Waals surface area contributed by atoms with E-state index in [1.165, 1.54) is 32.1 Å². The predicted molar refractivity (Wildman–Crippen MR) is 81.9 cm³/mol. The molecule has 1 heterocycles. The van der Waals surface area contributed by atoms with Crippen LogP contribution in [-0.4, -0.2) is 41.0 Å². The van der Waals surface area contributed by atoms with Crippen LogP contribution in [0.1, 0.15) is 49.4 Å². The van der Waals surface area contributed by atoms with Crippen molar-refractivity contribution in [2.75, 3.05) is 31.7 Å². The van der Waals surface area contributed by atoms with Gasteiger partial charge in [-0.2, -0.15) is 0 Å². The zero-order chi connectivity index (χ0) is 14.3. The summed E-state index contributed by atoms with van der Waals surface area (Å²) in [6, 6.07) is 0. The first-order valence-corrected chi connectivity index (χ1v) is 7.57. The Hall–Kier alpha value is -1.36. The predicted octanol–water partition coefficient (Wildman–Crippen LogP) is 2.14. The lowest BCUT2D eigenvalue weighted by atomic mass is 9.75. The van der Waals surface area contributed by atoms with Crippen LogP contribution in [0, 0.1) is 6.92 Å². The summed E-state index contributed by atoms with van der Waals surface area (Å²) in [7, 11) is 4.33. The van der Waals surface area contributed by atoms with Gasteiger partial charge in [-0.05, 0) is 53.1 Å². The highest BCUT2D eigenvalue weighted by Gasteiger charge is 2.39. The normalized spacial score (nSPS) is 20.8. The molecule has 0 bridgehead atoms. The van der Waals surface area contributed by atoms with E-state index in [1.54, 1.807) is 0 Å². The van der Waals surface area contributed by atoms with Crippen LogP contribution < -0.4 is 11.1 Å². The second kappa shape index (κ2) is 4.88. The van der Waals surface area contributed by atoms with E-state index in [4.69, 9.17) is 10.7 Å². The Morgan fingerprint density at radius 3 is 2.50 bits per heavy atom. The molecule has 20 heavy (non-hydrogen) atoms. The number of aromatic nitrogens is 2. The lowest BCUT2D eigenvalue weighted by Crippen LogP contribution is -2.54. The molecule has 2 fully saturated rings. The number of nitrogens with one attached hydrogen (secondary N) is 1. The van der Waals surface area contributed by atoms with Crippen molar-refractivity contribution in [2.24, 2.45) is 0 Å². The summed E-state index contributed by atoms with van der Waals surface area (Å²) in [6.45, 7) is 2.93. The maximum absolute atomic E-state index is 6.03. The summed E-state index contributed by atoms with van der Waals surface area (Å²) in [5.74, 6) is 3.00. The summed E-state index contributed by atoms with van der Waals surface area (Å²) < 4.78 is 0. The summed E-state index contributed by atoms with van der Waals surface area (Å²) in [4.78, 5) is 11.5. The zero-order valence-electron chi connectivity index (χ0n) is 12.7. The average molecular weight is 275 g/mol. The average Bonchev–Trinajstić information content (AvgIpc) is 3.16. The lowest BCUT2D eigenvalue weighted by Gasteiger charge is -2.47. The van der Waals surface area contributed by atoms with E-state index in [1.807, 2.05) is 6.92 Å². The molecule has 2 saturated carbocycles. The van der Waals surface area contributed by atoms with Gasteiger partial charge in [0.05, 0.1) is 0 Å². The van der Waals surface area contributed by atoms with Crippen LogP contribution >= 0.6 is 0 Å². The number of hydrogen-bond donors (Lipinski definition) is 2. The SMILES string of the molecule is Cc1c(N)nc(C2CC2)nc1NCC1(N(C)C)CCC1. The van der Waals surface area contributed by atoms with Crippen molar-refractivity contribution in [3.63, 3.8) is 0 Å². The molecule has 0 aromatic carbocycles. The van der Waals surface area contributed by atoms with Gasteiger partial charge in [0.2, 0.25) is 0 Å². The molecule has 0 radical (unpaired) electrons. The van der Waals surface area contributed by atoms with Gasteiger partial charge in [-0.25, -0.2) is 9.97 Å². The summed E-state index contributed by atoms with van der Waals surface area (Å²) >= 11 is 0. The largest absolute Gasteiger partial charge is 0.383 e. The van der Waals surface area contributed by atoms with Crippen molar-refractivity contribution in [3.8, 4) is 0 Å². The van der Waals surface area contributed by atoms with Crippen LogP contribution in [0.2, 0.25) is 0 Å². The van der Waals surface area contributed by atoms with E-state index < -0.39 is 0 Å². The van der Waals surface area contributed by atoms with Gasteiger partial charge in [0.15, 0.2) is 0 Å². The van der Waals surface area contributed by atoms with Crippen molar-refractivity contribution in [3.05, 3.63) is 11.4 Å². The molecule has 5 nitrogen and oxygen atoms in total. The molecule has 1 aromatic heterocycles. The van der Waals surface area contributed by atoms with Gasteiger partial charge in [0.1, 0.15) is 17.5 Å². The van der Waals surface area contributed by atoms with Gasteiger partial charge in [0, 0.05) is 23.6 Å². The summed E-state index contributed by atoms with van der Waals surface area (Å²) in [6.07, 6.45) is 6.22. The molecule has 5 heteroatoms. The third-order valence-electron chi connectivity index (χ3n) is 4.96. The molecule has 3 rings (SSSR count). The quantitative estimate of drug-likeness (QED) is 0.862. The lowest BCUT2D eigenvalue weighted by molar-refractivity contribution is 0.0738. The van der Waals surface area contributed by atoms with Crippen molar-refractivity contribution >= 4 is 11.6 Å². The second-order valence-corrected chi connectivity index (χ2v) is 6.54. The molecule has 0 unspecified atom stereocenters. The van der Waals surface area contributed by atoms with Crippen molar-refractivity contribution < 1.29 is 0 Å². The molecular weight excluding hydrogens is 250 g/mol. The molecule has 0 spiro atoms. The van der Waals surface area contributed by atoms with E-state index in [0.29, 0.717) is 11.7 Å². The van der Waals surface area contributed by atoms with Gasteiger partial charge >= 0.3 is 0 Å². The van der Waals surface area contributed by atoms with Gasteiger partial charge < -0.3 is 16.0 Å². The number of anilines is 2. The molecule has 1 aromatic rings. The van der Waals surface area contributed by atoms with E-state index in [-0.39, 0.29) is 5.54 Å². The maximum atomic E-state index is 6.03. The number of nitrogen functional groups attached to an aromatic ring is 1. The van der Waals surface area contributed by atoms with Crippen LogP contribution in [0.25, 0.3) is 0 Å². The van der Waals surface area contributed by atoms with Gasteiger partial charge in [-0.3, -0.25) is 0 Å². The molecule has 110 valence electrons. The Labute approximate surface area is 121 Å². The Bertz CT molecular complexity index is 503. The van der Waals surface area contributed by atoms with E-state index >= 15 is 0 Å². The van der Waals surface area contributed by atoms with Crippen molar-refractivity contribution in [1.82, 2.24) is 14.9 Å². The zero-order valence-corrected chi connectivity index (χ0v) is 12.7. The highest BCUT2D eigenvalue weighted by atomic mass is 15.2. The molecule has 0 amide bonds. The summed E-state index contributed by atoms with van der Waals surface area (Å²) in [5, 5.41) is 3.53. The van der Waals surface area contributed by atoms with Crippen molar-refractivity contribution in [2.45, 2.75) is 50.5 Å². The number of nitrogens with zero attached hydrogens (tertiary/aromatic N) is 3. The first-order chi connectivity index (χ1) is 9.52. The number of nitrogens with two attached hydrogens (primary N) is 1. The minimum Gasteiger partial charge on any atom is -0.383 e. The molecule has 0 atom stereocenters. The fourth-order valence-electron chi connectivity index (χ4n) is 2.86. The van der Waals surface area contributed by atoms with E-state index in [2.05, 4.69) is 29.3 Å². The Kier molecular flexibility index (Phi) is 3.32. The second-order valence-electron chi connectivity index (χ2n) is 6.54. The highest BCUT2D eigenvalue weighted by molar-refractivity contribution is 5.55. The first kappa shape index (κ1) is 13.6. The van der Waals surface area contributed by atoms with Gasteiger partial charge in [0.25, 0.3) is 0 Å². The van der Waals surface area contributed by atoms with E-state index in [0.717, 1.165) is 23.8 Å². The topological polar surface area (TPSA) is 67.1 Å². The van der Waals surface area contributed by atoms with Crippen LogP contribution in [-0.2, 0) is 0 Å². The van der Waals surface area contributed by atoms with E-state index in [9.17, 15) is 0 Å². The summed E-state index contributed by atoms with van der Waals surface area (Å²) in [5.41, 5.74) is 7.29. The van der Waals surface area contributed by atoms with Crippen LogP contribution in [0.4, 0.5) is 11.6 Å². The van der Waals surface area contributed by atoms with Crippen LogP contribution in [0.5, 0.6) is 0 Å². The molecule has 2 aliphatic rings. The van der Waals surface area contributed by atoms with Gasteiger partial charge in [-0.15, -0.1) is 0 Å². The van der Waals surface area contributed by atoms with Crippen molar-refractivity contribution in [1.29, 1.82) is 0 Å². The highest BCUT2D eigenvalue weighted by Crippen LogP contribution is 2.40. The molecular formula is C15H25N5. The maximum Gasteiger partial charge on any atom is 0.136 e. The third-order valence-corrected chi connectivity index (χ3v) is 4.96. The minimum absolute atomic E-state index is 0.284. The minimum atomic E-state index is 0.284. The fraction of sp³-hybridized carbons (Fsp3) is 0.733. The van der Waals surface area contributed by atoms with Crippen LogP contribution in [0.3, 0.4) is 0 Å². The standard InChI is InChI=1S/C15H25N5/c1-10-12(16)18-14(11-5-6-11)19-13(10)17-9-15(20(2)3)7-4-8-15/h11H,4-9H2,1-3H3,(H3,16,17,18,19). The van der Waals surface area contributed by atoms with Crippen LogP contribution in [0.15, 0.2) is 0 Å². The smallest absolute Gasteiger partial charge is 0.136 e. The number of hydrogen-bond acceptors (Lipinski definition) is 5. The Balaban J connectivity index is 1.76. The monoisotopic (exact) mass is 275 g/mol.